The third-order valence-electron chi connectivity index (χ3n) is 5.88. The second-order valence-corrected chi connectivity index (χ2v) is 8.66. The van der Waals surface area contributed by atoms with Crippen molar-refractivity contribution in [3.05, 3.63) is 0 Å². The van der Waals surface area contributed by atoms with Gasteiger partial charge in [-0.05, 0) is 74.7 Å². The summed E-state index contributed by atoms with van der Waals surface area (Å²) in [5, 5.41) is 6.38. The minimum absolute atomic E-state index is 0.00755. The Kier molecular flexibility index (Phi) is 5.23. The first-order chi connectivity index (χ1) is 10.6. The Hall–Kier alpha value is -0.420. The fraction of sp³-hybridized carbons (Fsp3) is 0.941. The fourth-order valence-corrected chi connectivity index (χ4v) is 5.81. The quantitative estimate of drug-likeness (QED) is 0.756. The number of carbonyl (C=O) groups excluding carboxylic acids is 1. The Morgan fingerprint density at radius 1 is 1.23 bits per heavy atom. The van der Waals surface area contributed by atoms with Crippen LogP contribution < -0.4 is 10.6 Å². The van der Waals surface area contributed by atoms with Crippen LogP contribution in [0, 0.1) is 17.8 Å². The largest absolute Gasteiger partial charge is 0.380 e. The average Bonchev–Trinajstić information content (AvgIpc) is 2.45. The molecule has 4 bridgehead atoms. The molecule has 0 heterocycles. The smallest absolute Gasteiger partial charge is 0.315 e. The highest BCUT2D eigenvalue weighted by molar-refractivity contribution is 7.98. The van der Waals surface area contributed by atoms with Gasteiger partial charge in [0.2, 0.25) is 0 Å². The lowest BCUT2D eigenvalue weighted by atomic mass is 9.53. The Labute approximate surface area is 138 Å². The molecule has 126 valence electrons. The summed E-state index contributed by atoms with van der Waals surface area (Å²) in [5.74, 6) is 3.65. The van der Waals surface area contributed by atoms with E-state index in [2.05, 4.69) is 16.9 Å². The van der Waals surface area contributed by atoms with Gasteiger partial charge in [-0.25, -0.2) is 4.79 Å². The molecule has 0 saturated heterocycles. The van der Waals surface area contributed by atoms with Crippen LogP contribution in [-0.4, -0.2) is 43.3 Å². The molecule has 0 aliphatic heterocycles. The molecule has 2 amide bonds. The van der Waals surface area contributed by atoms with Gasteiger partial charge >= 0.3 is 6.03 Å². The third kappa shape index (κ3) is 3.73. The molecule has 0 spiro atoms. The van der Waals surface area contributed by atoms with Gasteiger partial charge in [0.25, 0.3) is 0 Å². The number of hydrogen-bond acceptors (Lipinski definition) is 3. The lowest BCUT2D eigenvalue weighted by molar-refractivity contribution is -0.0137. The molecule has 1 atom stereocenters. The van der Waals surface area contributed by atoms with Crippen LogP contribution in [0.25, 0.3) is 0 Å². The van der Waals surface area contributed by atoms with E-state index in [1.165, 1.54) is 38.5 Å². The number of hydrogen-bond donors (Lipinski definition) is 2. The number of thioether (sulfide) groups is 1. The molecular weight excluding hydrogens is 296 g/mol. The van der Waals surface area contributed by atoms with Crippen molar-refractivity contribution in [1.29, 1.82) is 0 Å². The van der Waals surface area contributed by atoms with E-state index in [1.807, 2.05) is 11.8 Å². The fourth-order valence-electron chi connectivity index (χ4n) is 5.31. The lowest BCUT2D eigenvalue weighted by Crippen LogP contribution is -2.61. The summed E-state index contributed by atoms with van der Waals surface area (Å²) in [6, 6.07) is 0.00755. The van der Waals surface area contributed by atoms with Gasteiger partial charge in [-0.2, -0.15) is 11.8 Å². The van der Waals surface area contributed by atoms with Crippen LogP contribution in [0.15, 0.2) is 0 Å². The highest BCUT2D eigenvalue weighted by atomic mass is 32.2. The summed E-state index contributed by atoms with van der Waals surface area (Å²) >= 11 is 1.82. The van der Waals surface area contributed by atoms with Crippen molar-refractivity contribution in [2.24, 2.45) is 17.8 Å². The van der Waals surface area contributed by atoms with E-state index in [4.69, 9.17) is 4.74 Å². The first-order valence-electron chi connectivity index (χ1n) is 8.70. The van der Waals surface area contributed by atoms with Gasteiger partial charge in [0.15, 0.2) is 0 Å². The van der Waals surface area contributed by atoms with Crippen molar-refractivity contribution < 1.29 is 9.53 Å². The molecule has 2 N–H and O–H groups in total. The zero-order valence-electron chi connectivity index (χ0n) is 13.9. The van der Waals surface area contributed by atoms with Gasteiger partial charge in [0, 0.05) is 19.2 Å². The maximum Gasteiger partial charge on any atom is 0.315 e. The molecule has 4 saturated carbocycles. The number of urea groups is 1. The van der Waals surface area contributed by atoms with Crippen LogP contribution in [0.5, 0.6) is 0 Å². The number of methoxy groups -OCH3 is 1. The van der Waals surface area contributed by atoms with Crippen LogP contribution in [0.4, 0.5) is 4.79 Å². The van der Waals surface area contributed by atoms with Crippen LogP contribution >= 0.6 is 11.8 Å². The molecule has 4 aliphatic rings. The first kappa shape index (κ1) is 16.4. The zero-order chi connectivity index (χ0) is 15.6. The number of amides is 2. The molecule has 0 aromatic carbocycles. The topological polar surface area (TPSA) is 50.4 Å². The monoisotopic (exact) mass is 326 g/mol. The van der Waals surface area contributed by atoms with Crippen molar-refractivity contribution in [3.63, 3.8) is 0 Å². The molecule has 4 nitrogen and oxygen atoms in total. The van der Waals surface area contributed by atoms with E-state index in [-0.39, 0.29) is 17.7 Å². The van der Waals surface area contributed by atoms with Gasteiger partial charge in [-0.15, -0.1) is 0 Å². The number of rotatable bonds is 7. The maximum absolute atomic E-state index is 12.3. The van der Waals surface area contributed by atoms with Crippen molar-refractivity contribution in [3.8, 4) is 0 Å². The van der Waals surface area contributed by atoms with Crippen LogP contribution in [0.3, 0.4) is 0 Å². The van der Waals surface area contributed by atoms with E-state index in [0.29, 0.717) is 6.54 Å². The number of carbonyl (C=O) groups is 1. The number of nitrogens with one attached hydrogen (secondary N) is 2. The molecule has 0 aromatic heterocycles. The third-order valence-corrected chi connectivity index (χ3v) is 6.53. The molecule has 1 unspecified atom stereocenters. The summed E-state index contributed by atoms with van der Waals surface area (Å²) in [4.78, 5) is 12.3. The highest BCUT2D eigenvalue weighted by Crippen LogP contribution is 2.55. The molecule has 0 aromatic rings. The van der Waals surface area contributed by atoms with Gasteiger partial charge in [-0.1, -0.05) is 0 Å². The molecule has 22 heavy (non-hydrogen) atoms. The summed E-state index contributed by atoms with van der Waals surface area (Å²) < 4.78 is 5.44. The van der Waals surface area contributed by atoms with Crippen LogP contribution in [-0.2, 0) is 4.74 Å². The van der Waals surface area contributed by atoms with Gasteiger partial charge < -0.3 is 15.4 Å². The van der Waals surface area contributed by atoms with E-state index in [1.54, 1.807) is 7.11 Å². The van der Waals surface area contributed by atoms with Crippen LogP contribution in [0.1, 0.15) is 44.9 Å². The summed E-state index contributed by atoms with van der Waals surface area (Å²) in [6.07, 6.45) is 11.0. The van der Waals surface area contributed by atoms with Gasteiger partial charge in [0.05, 0.1) is 6.10 Å². The van der Waals surface area contributed by atoms with Gasteiger partial charge in [0.1, 0.15) is 0 Å². The molecule has 4 rings (SSSR count). The Bertz CT molecular complexity index is 367. The molecule has 5 heteroatoms. The number of ether oxygens (including phenoxy) is 1. The molecule has 0 radical (unpaired) electrons. The SMILES string of the molecule is COC(CCSC)CNC(=O)NC12CC3CC(CC(C3)C1)C2. The summed E-state index contributed by atoms with van der Waals surface area (Å²) in [6.45, 7) is 0.606. The van der Waals surface area contributed by atoms with Crippen molar-refractivity contribution in [1.82, 2.24) is 10.6 Å². The second kappa shape index (κ2) is 7.00. The van der Waals surface area contributed by atoms with E-state index in [9.17, 15) is 4.79 Å². The molecular formula is C17H30N2O2S. The normalized spacial score (nSPS) is 37.1. The minimum atomic E-state index is 0.00755. The van der Waals surface area contributed by atoms with Crippen molar-refractivity contribution in [2.45, 2.75) is 56.6 Å². The predicted octanol–water partition coefficient (Wildman–Crippen LogP) is 3.02. The first-order valence-corrected chi connectivity index (χ1v) is 10.1. The van der Waals surface area contributed by atoms with Crippen molar-refractivity contribution in [2.75, 3.05) is 25.7 Å². The summed E-state index contributed by atoms with van der Waals surface area (Å²) in [7, 11) is 1.73. The van der Waals surface area contributed by atoms with Crippen molar-refractivity contribution >= 4 is 17.8 Å². The van der Waals surface area contributed by atoms with E-state index >= 15 is 0 Å². The average molecular weight is 327 g/mol. The maximum atomic E-state index is 12.3. The zero-order valence-corrected chi connectivity index (χ0v) is 14.7. The Morgan fingerprint density at radius 3 is 2.32 bits per heavy atom. The van der Waals surface area contributed by atoms with Crippen LogP contribution in [0.2, 0.25) is 0 Å². The standard InChI is InChI=1S/C17H30N2O2S/c1-21-15(3-4-22-2)11-18-16(20)19-17-8-12-5-13(9-17)7-14(6-12)10-17/h12-15H,3-11H2,1-2H3,(H2,18,19,20). The molecule has 4 aliphatic carbocycles. The second-order valence-electron chi connectivity index (χ2n) is 7.67. The minimum Gasteiger partial charge on any atom is -0.380 e. The van der Waals surface area contributed by atoms with Gasteiger partial charge in [-0.3, -0.25) is 0 Å². The lowest BCUT2D eigenvalue weighted by Gasteiger charge is -2.56. The van der Waals surface area contributed by atoms with E-state index < -0.39 is 0 Å². The summed E-state index contributed by atoms with van der Waals surface area (Å²) in [5.41, 5.74) is 0.0979. The Balaban J connectivity index is 1.47. The predicted molar refractivity (Wildman–Crippen MR) is 91.2 cm³/mol. The Morgan fingerprint density at radius 2 is 1.82 bits per heavy atom. The highest BCUT2D eigenvalue weighted by Gasteiger charge is 2.51. The molecule has 4 fully saturated rings. The van der Waals surface area contributed by atoms with E-state index in [0.717, 1.165) is 29.9 Å².